The van der Waals surface area contributed by atoms with Gasteiger partial charge in [-0.25, -0.2) is 0 Å². The van der Waals surface area contributed by atoms with Crippen molar-refractivity contribution in [1.29, 1.82) is 0 Å². The lowest BCUT2D eigenvalue weighted by molar-refractivity contribution is -0.00546. The van der Waals surface area contributed by atoms with Crippen molar-refractivity contribution in [2.24, 2.45) is 0 Å². The molecule has 0 spiro atoms. The zero-order valence-electron chi connectivity index (χ0n) is 10.3. The van der Waals surface area contributed by atoms with Crippen LogP contribution in [-0.2, 0) is 6.54 Å². The number of aromatic nitrogens is 1. The van der Waals surface area contributed by atoms with Gasteiger partial charge in [0.15, 0.2) is 0 Å². The lowest BCUT2D eigenvalue weighted by Crippen LogP contribution is -2.55. The van der Waals surface area contributed by atoms with Crippen LogP contribution in [0.1, 0.15) is 33.4 Å². The topological polar surface area (TPSA) is 65.4 Å². The third-order valence-electron chi connectivity index (χ3n) is 3.05. The molecular formula is C12H20N2O2. The van der Waals surface area contributed by atoms with Gasteiger partial charge in [-0.15, -0.1) is 0 Å². The van der Waals surface area contributed by atoms with E-state index in [1.807, 2.05) is 13.8 Å². The molecule has 4 nitrogen and oxygen atoms in total. The second-order valence-electron chi connectivity index (χ2n) is 5.05. The third kappa shape index (κ3) is 3.18. The Kier molecular flexibility index (Phi) is 3.55. The zero-order chi connectivity index (χ0) is 12.4. The first-order valence-electron chi connectivity index (χ1n) is 5.34. The molecule has 4 heteroatoms. The van der Waals surface area contributed by atoms with Crippen molar-refractivity contribution < 1.29 is 10.2 Å². The van der Waals surface area contributed by atoms with Crippen LogP contribution in [0, 0.1) is 0 Å². The molecule has 3 N–H and O–H groups in total. The van der Waals surface area contributed by atoms with Crippen LogP contribution in [0.2, 0.25) is 0 Å². The average molecular weight is 224 g/mol. The van der Waals surface area contributed by atoms with Crippen molar-refractivity contribution in [2.75, 3.05) is 0 Å². The minimum atomic E-state index is -0.816. The van der Waals surface area contributed by atoms with E-state index in [0.717, 1.165) is 5.69 Å². The number of pyridine rings is 1. The van der Waals surface area contributed by atoms with E-state index in [1.165, 1.54) is 6.20 Å². The molecule has 0 unspecified atom stereocenters. The van der Waals surface area contributed by atoms with Gasteiger partial charge < -0.3 is 15.5 Å². The Morgan fingerprint density at radius 2 is 1.88 bits per heavy atom. The van der Waals surface area contributed by atoms with Crippen LogP contribution in [0.3, 0.4) is 0 Å². The minimum Gasteiger partial charge on any atom is -0.506 e. The number of nitrogens with zero attached hydrogens (tertiary/aromatic N) is 1. The fourth-order valence-electron chi connectivity index (χ4n) is 1.05. The van der Waals surface area contributed by atoms with Crippen molar-refractivity contribution in [3.63, 3.8) is 0 Å². The minimum absolute atomic E-state index is 0.158. The molecule has 0 aliphatic rings. The van der Waals surface area contributed by atoms with E-state index in [1.54, 1.807) is 26.0 Å². The predicted octanol–water partition coefficient (Wildman–Crippen LogP) is 1.43. The molecule has 0 saturated carbocycles. The van der Waals surface area contributed by atoms with Gasteiger partial charge in [-0.3, -0.25) is 4.98 Å². The highest BCUT2D eigenvalue weighted by atomic mass is 16.3. The fraction of sp³-hybridized carbons (Fsp3) is 0.583. The van der Waals surface area contributed by atoms with Crippen LogP contribution in [-0.4, -0.2) is 26.3 Å². The van der Waals surface area contributed by atoms with Crippen molar-refractivity contribution >= 4 is 0 Å². The van der Waals surface area contributed by atoms with Gasteiger partial charge in [-0.2, -0.15) is 0 Å². The maximum atomic E-state index is 9.94. The van der Waals surface area contributed by atoms with Crippen LogP contribution in [0.25, 0.3) is 0 Å². The third-order valence-corrected chi connectivity index (χ3v) is 3.05. The molecule has 0 aliphatic heterocycles. The van der Waals surface area contributed by atoms with Gasteiger partial charge in [-0.05, 0) is 39.8 Å². The summed E-state index contributed by atoms with van der Waals surface area (Å²) < 4.78 is 0. The molecule has 0 aliphatic carbocycles. The highest BCUT2D eigenvalue weighted by molar-refractivity contribution is 5.18. The van der Waals surface area contributed by atoms with E-state index in [0.29, 0.717) is 6.54 Å². The molecule has 0 aromatic carbocycles. The molecule has 0 radical (unpaired) electrons. The lowest BCUT2D eigenvalue weighted by Gasteiger charge is -2.38. The molecule has 1 aromatic rings. The molecular weight excluding hydrogens is 204 g/mol. The van der Waals surface area contributed by atoms with E-state index in [2.05, 4.69) is 10.3 Å². The van der Waals surface area contributed by atoms with Crippen LogP contribution in [0.15, 0.2) is 18.3 Å². The molecule has 0 fully saturated rings. The van der Waals surface area contributed by atoms with Gasteiger partial charge in [0, 0.05) is 12.1 Å². The van der Waals surface area contributed by atoms with E-state index in [9.17, 15) is 5.11 Å². The molecule has 90 valence electrons. The highest BCUT2D eigenvalue weighted by Crippen LogP contribution is 2.20. The Hall–Kier alpha value is -1.13. The van der Waals surface area contributed by atoms with E-state index >= 15 is 0 Å². The summed E-state index contributed by atoms with van der Waals surface area (Å²) in [6.45, 7) is 7.96. The van der Waals surface area contributed by atoms with Crippen molar-refractivity contribution in [1.82, 2.24) is 10.3 Å². The molecule has 0 atom stereocenters. The number of hydrogen-bond acceptors (Lipinski definition) is 4. The van der Waals surface area contributed by atoms with Crippen LogP contribution < -0.4 is 5.32 Å². The van der Waals surface area contributed by atoms with Gasteiger partial charge in [0.05, 0.1) is 17.5 Å². The van der Waals surface area contributed by atoms with Gasteiger partial charge in [0.1, 0.15) is 5.75 Å². The molecule has 0 amide bonds. The summed E-state index contributed by atoms with van der Waals surface area (Å²) in [5.41, 5.74) is -0.397. The van der Waals surface area contributed by atoms with Crippen molar-refractivity contribution in [3.05, 3.63) is 24.0 Å². The Morgan fingerprint density at radius 1 is 1.25 bits per heavy atom. The molecule has 1 aromatic heterocycles. The second-order valence-corrected chi connectivity index (χ2v) is 5.05. The van der Waals surface area contributed by atoms with Gasteiger partial charge in [0.25, 0.3) is 0 Å². The maximum absolute atomic E-state index is 9.94. The number of aromatic hydroxyl groups is 1. The highest BCUT2D eigenvalue weighted by Gasteiger charge is 2.34. The van der Waals surface area contributed by atoms with Crippen LogP contribution >= 0.6 is 0 Å². The molecule has 0 bridgehead atoms. The Labute approximate surface area is 96.3 Å². The largest absolute Gasteiger partial charge is 0.506 e. The first kappa shape index (κ1) is 12.9. The summed E-state index contributed by atoms with van der Waals surface area (Å²) in [6.07, 6.45) is 1.41. The quantitative estimate of drug-likeness (QED) is 0.724. The Bertz CT molecular complexity index is 339. The summed E-state index contributed by atoms with van der Waals surface area (Å²) in [5.74, 6) is 0.158. The number of nitrogens with one attached hydrogen (secondary N) is 1. The van der Waals surface area contributed by atoms with Crippen LogP contribution in [0.5, 0.6) is 5.75 Å². The summed E-state index contributed by atoms with van der Waals surface area (Å²) in [7, 11) is 0. The maximum Gasteiger partial charge on any atom is 0.133 e. The number of hydrogen-bond donors (Lipinski definition) is 3. The second kappa shape index (κ2) is 4.39. The zero-order valence-corrected chi connectivity index (χ0v) is 10.3. The fourth-order valence-corrected chi connectivity index (χ4v) is 1.05. The van der Waals surface area contributed by atoms with Gasteiger partial charge >= 0.3 is 0 Å². The van der Waals surface area contributed by atoms with Crippen molar-refractivity contribution in [3.8, 4) is 5.75 Å². The predicted molar refractivity (Wildman–Crippen MR) is 63.1 cm³/mol. The monoisotopic (exact) mass is 224 g/mol. The number of aliphatic hydroxyl groups is 1. The summed E-state index contributed by atoms with van der Waals surface area (Å²) in [6, 6.07) is 3.35. The molecule has 1 heterocycles. The SMILES string of the molecule is CC(C)(O)C(C)(C)NCc1ccc(O)cn1. The molecule has 1 rings (SSSR count). The summed E-state index contributed by atoms with van der Waals surface area (Å²) >= 11 is 0. The summed E-state index contributed by atoms with van der Waals surface area (Å²) in [4.78, 5) is 4.07. The number of rotatable bonds is 4. The lowest BCUT2D eigenvalue weighted by atomic mass is 9.86. The first-order valence-corrected chi connectivity index (χ1v) is 5.34. The van der Waals surface area contributed by atoms with E-state index in [-0.39, 0.29) is 5.75 Å². The van der Waals surface area contributed by atoms with Crippen LogP contribution in [0.4, 0.5) is 0 Å². The average Bonchev–Trinajstić information content (AvgIpc) is 2.15. The Morgan fingerprint density at radius 3 is 2.31 bits per heavy atom. The summed E-state index contributed by atoms with van der Waals surface area (Å²) in [5, 5.41) is 22.3. The Balaban J connectivity index is 2.61. The van der Waals surface area contributed by atoms with E-state index in [4.69, 9.17) is 5.11 Å². The van der Waals surface area contributed by atoms with E-state index < -0.39 is 11.1 Å². The van der Waals surface area contributed by atoms with Crippen molar-refractivity contribution in [2.45, 2.75) is 45.4 Å². The van der Waals surface area contributed by atoms with Gasteiger partial charge in [-0.1, -0.05) is 0 Å². The smallest absolute Gasteiger partial charge is 0.133 e. The molecule has 0 saturated heterocycles. The first-order chi connectivity index (χ1) is 7.22. The normalized spacial score (nSPS) is 12.8. The molecule has 16 heavy (non-hydrogen) atoms. The standard InChI is InChI=1S/C12H20N2O2/c1-11(2,12(3,4)16)14-7-9-5-6-10(15)8-13-9/h5-6,8,14-16H,7H2,1-4H3. The van der Waals surface area contributed by atoms with Gasteiger partial charge in [0.2, 0.25) is 0 Å².